The predicted molar refractivity (Wildman–Crippen MR) is 110 cm³/mol. The summed E-state index contributed by atoms with van der Waals surface area (Å²) in [5.41, 5.74) is 2.72. The molecule has 27 heavy (non-hydrogen) atoms. The van der Waals surface area contributed by atoms with Crippen molar-refractivity contribution in [1.82, 2.24) is 4.90 Å². The van der Waals surface area contributed by atoms with E-state index in [-0.39, 0.29) is 10.8 Å². The van der Waals surface area contributed by atoms with Gasteiger partial charge in [0.25, 0.3) is 15.9 Å². The minimum absolute atomic E-state index is 0.176. The van der Waals surface area contributed by atoms with Crippen LogP contribution in [0.1, 0.15) is 41.8 Å². The Balaban J connectivity index is 2.23. The van der Waals surface area contributed by atoms with E-state index >= 15 is 0 Å². The van der Waals surface area contributed by atoms with Crippen molar-refractivity contribution in [3.05, 3.63) is 59.2 Å². The molecule has 1 amide bonds. The summed E-state index contributed by atoms with van der Waals surface area (Å²) >= 11 is 0. The van der Waals surface area contributed by atoms with Gasteiger partial charge in [0, 0.05) is 19.7 Å². The average molecular weight is 389 g/mol. The molecule has 0 unspecified atom stereocenters. The average Bonchev–Trinajstić information content (AvgIpc) is 2.61. The molecule has 0 saturated carbocycles. The number of benzene rings is 2. The minimum Gasteiger partial charge on any atom is -0.345 e. The number of anilines is 1. The topological polar surface area (TPSA) is 66.5 Å². The Morgan fingerprint density at radius 1 is 1.07 bits per heavy atom. The maximum atomic E-state index is 12.7. The summed E-state index contributed by atoms with van der Waals surface area (Å²) in [6, 6.07) is 12.0. The molecule has 2 aromatic carbocycles. The molecule has 0 aromatic heterocycles. The van der Waals surface area contributed by atoms with Crippen molar-refractivity contribution < 1.29 is 13.2 Å². The van der Waals surface area contributed by atoms with Crippen LogP contribution in [0.4, 0.5) is 5.69 Å². The lowest BCUT2D eigenvalue weighted by molar-refractivity contribution is 0.0827. The zero-order valence-electron chi connectivity index (χ0n) is 16.6. The van der Waals surface area contributed by atoms with Crippen LogP contribution in [0.15, 0.2) is 47.4 Å². The van der Waals surface area contributed by atoms with Crippen molar-refractivity contribution in [3.8, 4) is 0 Å². The van der Waals surface area contributed by atoms with Crippen LogP contribution in [-0.2, 0) is 16.4 Å². The molecular weight excluding hydrogens is 360 g/mol. The van der Waals surface area contributed by atoms with Gasteiger partial charge in [-0.05, 0) is 61.1 Å². The summed E-state index contributed by atoms with van der Waals surface area (Å²) in [7, 11) is -0.402. The van der Waals surface area contributed by atoms with Crippen LogP contribution in [0.3, 0.4) is 0 Å². The lowest BCUT2D eigenvalue weighted by atomic mass is 10.0. The number of carbonyl (C=O) groups is 1. The summed E-state index contributed by atoms with van der Waals surface area (Å²) in [6.45, 7) is 6.14. The molecule has 6 heteroatoms. The molecule has 0 fully saturated rings. The Bertz CT molecular complexity index is 902. The summed E-state index contributed by atoms with van der Waals surface area (Å²) in [4.78, 5) is 13.8. The van der Waals surface area contributed by atoms with Gasteiger partial charge in [-0.3, -0.25) is 9.52 Å². The van der Waals surface area contributed by atoms with Gasteiger partial charge in [-0.1, -0.05) is 32.0 Å². The lowest BCUT2D eigenvalue weighted by Gasteiger charge is -2.15. The predicted octanol–water partition coefficient (Wildman–Crippen LogP) is 4.09. The molecule has 0 atom stereocenters. The van der Waals surface area contributed by atoms with Crippen LogP contribution in [0.5, 0.6) is 0 Å². The van der Waals surface area contributed by atoms with Crippen LogP contribution < -0.4 is 4.72 Å². The van der Waals surface area contributed by atoms with Crippen molar-refractivity contribution in [2.45, 2.75) is 38.5 Å². The maximum Gasteiger partial charge on any atom is 0.261 e. The number of nitrogens with zero attached hydrogens (tertiary/aromatic N) is 1. The van der Waals surface area contributed by atoms with E-state index in [1.54, 1.807) is 51.4 Å². The first kappa shape index (κ1) is 21.0. The smallest absolute Gasteiger partial charge is 0.261 e. The van der Waals surface area contributed by atoms with E-state index in [4.69, 9.17) is 0 Å². The SMILES string of the molecule is Cc1ccc(C(=O)N(C)C)cc1NS(=O)(=O)c1ccc(CCC(C)C)cc1. The van der Waals surface area contributed by atoms with Crippen molar-refractivity contribution >= 4 is 21.6 Å². The molecule has 0 aliphatic rings. The van der Waals surface area contributed by atoms with Gasteiger partial charge in [0.15, 0.2) is 0 Å². The van der Waals surface area contributed by atoms with Crippen LogP contribution in [-0.4, -0.2) is 33.3 Å². The highest BCUT2D eigenvalue weighted by atomic mass is 32.2. The van der Waals surface area contributed by atoms with Crippen molar-refractivity contribution in [3.63, 3.8) is 0 Å². The Morgan fingerprint density at radius 2 is 1.70 bits per heavy atom. The number of rotatable bonds is 7. The Hall–Kier alpha value is -2.34. The summed E-state index contributed by atoms with van der Waals surface area (Å²) in [5, 5.41) is 0. The molecule has 0 spiro atoms. The molecule has 146 valence electrons. The van der Waals surface area contributed by atoms with E-state index in [1.165, 1.54) is 4.90 Å². The van der Waals surface area contributed by atoms with E-state index in [9.17, 15) is 13.2 Å². The van der Waals surface area contributed by atoms with Crippen molar-refractivity contribution in [2.75, 3.05) is 18.8 Å². The van der Waals surface area contributed by atoms with E-state index in [1.807, 2.05) is 12.1 Å². The van der Waals surface area contributed by atoms with Crippen LogP contribution in [0.25, 0.3) is 0 Å². The van der Waals surface area contributed by atoms with Crippen LogP contribution >= 0.6 is 0 Å². The Labute approximate surface area is 162 Å². The van der Waals surface area contributed by atoms with E-state index in [0.29, 0.717) is 17.2 Å². The quantitative estimate of drug-likeness (QED) is 0.777. The van der Waals surface area contributed by atoms with Gasteiger partial charge in [0.05, 0.1) is 10.6 Å². The highest BCUT2D eigenvalue weighted by Gasteiger charge is 2.17. The summed E-state index contributed by atoms with van der Waals surface area (Å²) < 4.78 is 28.1. The molecule has 0 aliphatic carbocycles. The Kier molecular flexibility index (Phi) is 6.65. The molecule has 5 nitrogen and oxygen atoms in total. The second kappa shape index (κ2) is 8.57. The third-order valence-corrected chi connectivity index (χ3v) is 5.76. The zero-order chi connectivity index (χ0) is 20.2. The first-order valence-corrected chi connectivity index (χ1v) is 10.5. The van der Waals surface area contributed by atoms with Gasteiger partial charge in [-0.2, -0.15) is 0 Å². The number of nitrogens with one attached hydrogen (secondary N) is 1. The molecular formula is C21H28N2O3S. The molecule has 0 aliphatic heterocycles. The number of amides is 1. The second-order valence-electron chi connectivity index (χ2n) is 7.41. The van der Waals surface area contributed by atoms with Gasteiger partial charge in [-0.15, -0.1) is 0 Å². The third kappa shape index (κ3) is 5.57. The normalized spacial score (nSPS) is 11.5. The largest absolute Gasteiger partial charge is 0.345 e. The van der Waals surface area contributed by atoms with E-state index < -0.39 is 10.0 Å². The number of hydrogen-bond donors (Lipinski definition) is 1. The third-order valence-electron chi connectivity index (χ3n) is 4.38. The van der Waals surface area contributed by atoms with Gasteiger partial charge in [0.1, 0.15) is 0 Å². The van der Waals surface area contributed by atoms with E-state index in [2.05, 4.69) is 18.6 Å². The number of sulfonamides is 1. The Morgan fingerprint density at radius 3 is 2.26 bits per heavy atom. The molecule has 0 heterocycles. The standard InChI is InChI=1S/C21H28N2O3S/c1-15(2)6-8-17-9-12-19(13-10-17)27(25,26)22-20-14-18(11-7-16(20)3)21(24)23(4)5/h7,9-15,22H,6,8H2,1-5H3. The lowest BCUT2D eigenvalue weighted by Crippen LogP contribution is -2.22. The fourth-order valence-corrected chi connectivity index (χ4v) is 3.74. The molecule has 1 N–H and O–H groups in total. The minimum atomic E-state index is -3.72. The van der Waals surface area contributed by atoms with Crippen LogP contribution in [0, 0.1) is 12.8 Å². The van der Waals surface area contributed by atoms with Crippen molar-refractivity contribution in [1.29, 1.82) is 0 Å². The van der Waals surface area contributed by atoms with Crippen LogP contribution in [0.2, 0.25) is 0 Å². The maximum absolute atomic E-state index is 12.7. The zero-order valence-corrected chi connectivity index (χ0v) is 17.4. The first-order valence-electron chi connectivity index (χ1n) is 9.04. The monoisotopic (exact) mass is 388 g/mol. The highest BCUT2D eigenvalue weighted by molar-refractivity contribution is 7.92. The van der Waals surface area contributed by atoms with Gasteiger partial charge in [-0.25, -0.2) is 8.42 Å². The molecule has 0 radical (unpaired) electrons. The van der Waals surface area contributed by atoms with Gasteiger partial charge in [0.2, 0.25) is 0 Å². The van der Waals surface area contributed by atoms with Crippen molar-refractivity contribution in [2.24, 2.45) is 5.92 Å². The number of hydrogen-bond acceptors (Lipinski definition) is 3. The van der Waals surface area contributed by atoms with Gasteiger partial charge < -0.3 is 4.90 Å². The van der Waals surface area contributed by atoms with E-state index in [0.717, 1.165) is 24.0 Å². The first-order chi connectivity index (χ1) is 12.6. The number of aryl methyl sites for hydroxylation is 2. The molecule has 0 bridgehead atoms. The number of carbonyl (C=O) groups excluding carboxylic acids is 1. The summed E-state index contributed by atoms with van der Waals surface area (Å²) in [6.07, 6.45) is 2.00. The fraction of sp³-hybridized carbons (Fsp3) is 0.381. The highest BCUT2D eigenvalue weighted by Crippen LogP contribution is 2.22. The fourth-order valence-electron chi connectivity index (χ4n) is 2.62. The summed E-state index contributed by atoms with van der Waals surface area (Å²) in [5.74, 6) is 0.431. The second-order valence-corrected chi connectivity index (χ2v) is 9.09. The molecule has 2 aromatic rings. The van der Waals surface area contributed by atoms with Gasteiger partial charge >= 0.3 is 0 Å². The molecule has 2 rings (SSSR count). The molecule has 0 saturated heterocycles.